The SMILES string of the molecule is O=C(NNC(=O)C1(c2ccc(Cl)cc2)CCCC1)c1ccccc1. The summed E-state index contributed by atoms with van der Waals surface area (Å²) >= 11 is 5.96. The normalized spacial score (nSPS) is 15.7. The van der Waals surface area contributed by atoms with Gasteiger partial charge in [0.05, 0.1) is 5.41 Å². The van der Waals surface area contributed by atoms with E-state index < -0.39 is 5.41 Å². The first-order valence-electron chi connectivity index (χ1n) is 8.04. The fourth-order valence-electron chi connectivity index (χ4n) is 3.29. The number of rotatable bonds is 3. The minimum absolute atomic E-state index is 0.174. The molecule has 0 spiro atoms. The summed E-state index contributed by atoms with van der Waals surface area (Å²) < 4.78 is 0. The van der Waals surface area contributed by atoms with Crippen LogP contribution in [0.5, 0.6) is 0 Å². The molecule has 4 nitrogen and oxygen atoms in total. The molecular weight excluding hydrogens is 324 g/mol. The topological polar surface area (TPSA) is 58.2 Å². The van der Waals surface area contributed by atoms with Gasteiger partial charge >= 0.3 is 0 Å². The zero-order valence-electron chi connectivity index (χ0n) is 13.2. The summed E-state index contributed by atoms with van der Waals surface area (Å²) in [6.45, 7) is 0. The average molecular weight is 343 g/mol. The third-order valence-electron chi connectivity index (χ3n) is 4.61. The third-order valence-corrected chi connectivity index (χ3v) is 4.87. The molecule has 2 aromatic carbocycles. The lowest BCUT2D eigenvalue weighted by atomic mass is 9.78. The Morgan fingerprint density at radius 3 is 2.12 bits per heavy atom. The first kappa shape index (κ1) is 16.5. The van der Waals surface area contributed by atoms with Crippen molar-refractivity contribution in [1.82, 2.24) is 10.9 Å². The maximum Gasteiger partial charge on any atom is 0.269 e. The lowest BCUT2D eigenvalue weighted by Gasteiger charge is -2.28. The molecular formula is C19H19ClN2O2. The van der Waals surface area contributed by atoms with Crippen molar-refractivity contribution in [2.45, 2.75) is 31.1 Å². The highest BCUT2D eigenvalue weighted by Gasteiger charge is 2.42. The Balaban J connectivity index is 1.73. The van der Waals surface area contributed by atoms with Gasteiger partial charge in [-0.3, -0.25) is 20.4 Å². The second kappa shape index (κ2) is 7.05. The van der Waals surface area contributed by atoms with Gasteiger partial charge in [-0.2, -0.15) is 0 Å². The fourth-order valence-corrected chi connectivity index (χ4v) is 3.42. The van der Waals surface area contributed by atoms with Crippen LogP contribution in [0.4, 0.5) is 0 Å². The predicted molar refractivity (Wildman–Crippen MR) is 93.6 cm³/mol. The molecule has 124 valence electrons. The minimum Gasteiger partial charge on any atom is -0.272 e. The van der Waals surface area contributed by atoms with Crippen LogP contribution in [0.15, 0.2) is 54.6 Å². The average Bonchev–Trinajstić information content (AvgIpc) is 3.12. The number of halogens is 1. The van der Waals surface area contributed by atoms with Crippen LogP contribution in [-0.2, 0) is 10.2 Å². The molecule has 0 unspecified atom stereocenters. The molecule has 24 heavy (non-hydrogen) atoms. The molecule has 5 heteroatoms. The predicted octanol–water partition coefficient (Wildman–Crippen LogP) is 3.61. The van der Waals surface area contributed by atoms with Crippen molar-refractivity contribution in [1.29, 1.82) is 0 Å². The van der Waals surface area contributed by atoms with Crippen LogP contribution < -0.4 is 10.9 Å². The molecule has 1 saturated carbocycles. The number of hydrazine groups is 1. The summed E-state index contributed by atoms with van der Waals surface area (Å²) in [4.78, 5) is 24.9. The van der Waals surface area contributed by atoms with Gasteiger partial charge in [0.1, 0.15) is 0 Å². The molecule has 1 aliphatic rings. The van der Waals surface area contributed by atoms with E-state index in [0.717, 1.165) is 31.2 Å². The molecule has 0 atom stereocenters. The highest BCUT2D eigenvalue weighted by molar-refractivity contribution is 6.30. The van der Waals surface area contributed by atoms with Crippen LogP contribution in [0.2, 0.25) is 5.02 Å². The quantitative estimate of drug-likeness (QED) is 0.837. The Labute approximate surface area is 146 Å². The van der Waals surface area contributed by atoms with Crippen molar-refractivity contribution in [2.24, 2.45) is 0 Å². The highest BCUT2D eigenvalue weighted by Crippen LogP contribution is 2.41. The molecule has 0 aliphatic heterocycles. The lowest BCUT2D eigenvalue weighted by Crippen LogP contribution is -2.50. The number of carbonyl (C=O) groups is 2. The van der Waals surface area contributed by atoms with E-state index >= 15 is 0 Å². The van der Waals surface area contributed by atoms with Crippen LogP contribution in [0, 0.1) is 0 Å². The molecule has 3 rings (SSSR count). The van der Waals surface area contributed by atoms with Gasteiger partial charge in [-0.15, -0.1) is 0 Å². The van der Waals surface area contributed by atoms with E-state index in [4.69, 9.17) is 11.6 Å². The summed E-state index contributed by atoms with van der Waals surface area (Å²) in [5, 5.41) is 0.643. The third kappa shape index (κ3) is 3.29. The van der Waals surface area contributed by atoms with Crippen LogP contribution in [0.25, 0.3) is 0 Å². The van der Waals surface area contributed by atoms with Gasteiger partial charge in [-0.1, -0.05) is 54.8 Å². The molecule has 0 saturated heterocycles. The van der Waals surface area contributed by atoms with E-state index in [2.05, 4.69) is 10.9 Å². The Morgan fingerprint density at radius 1 is 0.875 bits per heavy atom. The number of nitrogens with one attached hydrogen (secondary N) is 2. The molecule has 1 aliphatic carbocycles. The first-order chi connectivity index (χ1) is 11.6. The largest absolute Gasteiger partial charge is 0.272 e. The van der Waals surface area contributed by atoms with Crippen molar-refractivity contribution >= 4 is 23.4 Å². The fraction of sp³-hybridized carbons (Fsp3) is 0.263. The number of amides is 2. The second-order valence-electron chi connectivity index (χ2n) is 6.07. The summed E-state index contributed by atoms with van der Waals surface area (Å²) in [6.07, 6.45) is 3.51. The van der Waals surface area contributed by atoms with Crippen molar-refractivity contribution in [3.63, 3.8) is 0 Å². The van der Waals surface area contributed by atoms with E-state index in [1.165, 1.54) is 0 Å². The molecule has 2 aromatic rings. The van der Waals surface area contributed by atoms with Gasteiger partial charge in [-0.25, -0.2) is 0 Å². The van der Waals surface area contributed by atoms with Crippen molar-refractivity contribution in [2.75, 3.05) is 0 Å². The molecule has 2 amide bonds. The zero-order chi connectivity index (χ0) is 17.0. The van der Waals surface area contributed by atoms with Gasteiger partial charge in [0.15, 0.2) is 0 Å². The first-order valence-corrected chi connectivity index (χ1v) is 8.41. The van der Waals surface area contributed by atoms with Crippen molar-refractivity contribution in [3.05, 3.63) is 70.7 Å². The van der Waals surface area contributed by atoms with E-state index in [0.29, 0.717) is 10.6 Å². The van der Waals surface area contributed by atoms with Gasteiger partial charge < -0.3 is 0 Å². The molecule has 0 bridgehead atoms. The minimum atomic E-state index is -0.603. The van der Waals surface area contributed by atoms with Gasteiger partial charge in [0.25, 0.3) is 5.91 Å². The van der Waals surface area contributed by atoms with E-state index in [1.54, 1.807) is 36.4 Å². The van der Waals surface area contributed by atoms with Crippen LogP contribution in [0.3, 0.4) is 0 Å². The van der Waals surface area contributed by atoms with E-state index in [1.807, 2.05) is 18.2 Å². The number of benzene rings is 2. The summed E-state index contributed by atoms with van der Waals surface area (Å²) in [7, 11) is 0. The number of carbonyl (C=O) groups excluding carboxylic acids is 2. The summed E-state index contributed by atoms with van der Waals surface area (Å²) in [5.74, 6) is -0.500. The Hall–Kier alpha value is -2.33. The van der Waals surface area contributed by atoms with Crippen molar-refractivity contribution in [3.8, 4) is 0 Å². The number of hydrogen-bond acceptors (Lipinski definition) is 2. The van der Waals surface area contributed by atoms with Crippen LogP contribution in [-0.4, -0.2) is 11.8 Å². The smallest absolute Gasteiger partial charge is 0.269 e. The Bertz CT molecular complexity index is 723. The van der Waals surface area contributed by atoms with Crippen LogP contribution in [0.1, 0.15) is 41.6 Å². The molecule has 0 heterocycles. The van der Waals surface area contributed by atoms with Gasteiger partial charge in [0.2, 0.25) is 5.91 Å². The van der Waals surface area contributed by atoms with Gasteiger partial charge in [0, 0.05) is 10.6 Å². The summed E-state index contributed by atoms with van der Waals surface area (Å²) in [6, 6.07) is 16.2. The molecule has 0 radical (unpaired) electrons. The zero-order valence-corrected chi connectivity index (χ0v) is 14.0. The van der Waals surface area contributed by atoms with E-state index in [9.17, 15) is 9.59 Å². The Morgan fingerprint density at radius 2 is 1.50 bits per heavy atom. The monoisotopic (exact) mass is 342 g/mol. The molecule has 0 aromatic heterocycles. The van der Waals surface area contributed by atoms with Crippen LogP contribution >= 0.6 is 11.6 Å². The summed E-state index contributed by atoms with van der Waals surface area (Å²) in [5.41, 5.74) is 5.96. The van der Waals surface area contributed by atoms with Crippen molar-refractivity contribution < 1.29 is 9.59 Å². The molecule has 2 N–H and O–H groups in total. The maximum atomic E-state index is 12.8. The van der Waals surface area contributed by atoms with Gasteiger partial charge in [-0.05, 0) is 42.7 Å². The maximum absolute atomic E-state index is 12.8. The Kier molecular flexibility index (Phi) is 4.86. The second-order valence-corrected chi connectivity index (χ2v) is 6.51. The molecule has 1 fully saturated rings. The number of hydrogen-bond donors (Lipinski definition) is 2. The highest BCUT2D eigenvalue weighted by atomic mass is 35.5. The standard InChI is InChI=1S/C19H19ClN2O2/c20-16-10-8-15(9-11-16)19(12-4-5-13-19)18(24)22-21-17(23)14-6-2-1-3-7-14/h1-3,6-11H,4-5,12-13H2,(H,21,23)(H,22,24). The van der Waals surface area contributed by atoms with E-state index in [-0.39, 0.29) is 11.8 Å². The lowest BCUT2D eigenvalue weighted by molar-refractivity contribution is -0.127.